The van der Waals surface area contributed by atoms with Gasteiger partial charge in [0.15, 0.2) is 0 Å². The minimum atomic E-state index is -0.227. The summed E-state index contributed by atoms with van der Waals surface area (Å²) in [7, 11) is 0. The third-order valence-electron chi connectivity index (χ3n) is 2.36. The summed E-state index contributed by atoms with van der Waals surface area (Å²) < 4.78 is 0.947. The first kappa shape index (κ1) is 14.5. The van der Waals surface area contributed by atoms with Gasteiger partial charge < -0.3 is 10.6 Å². The van der Waals surface area contributed by atoms with Crippen LogP contribution in [0.25, 0.3) is 0 Å². The van der Waals surface area contributed by atoms with Crippen molar-refractivity contribution in [3.8, 4) is 0 Å². The highest BCUT2D eigenvalue weighted by Crippen LogP contribution is 2.21. The van der Waals surface area contributed by atoms with Crippen molar-refractivity contribution >= 4 is 33.4 Å². The van der Waals surface area contributed by atoms with Gasteiger partial charge in [-0.3, -0.25) is 4.79 Å². The molecule has 1 unspecified atom stereocenters. The minimum Gasteiger partial charge on any atom is -0.355 e. The van der Waals surface area contributed by atoms with Gasteiger partial charge in [-0.05, 0) is 31.5 Å². The maximum Gasteiger partial charge on any atom is 0.236 e. The summed E-state index contributed by atoms with van der Waals surface area (Å²) >= 11 is 9.43. The van der Waals surface area contributed by atoms with E-state index in [0.717, 1.165) is 10.0 Å². The Bertz CT molecular complexity index is 398. The van der Waals surface area contributed by atoms with Crippen LogP contribution in [0.4, 0.5) is 0 Å². The van der Waals surface area contributed by atoms with Crippen molar-refractivity contribution in [3.63, 3.8) is 0 Å². The molecule has 1 rings (SSSR count). The Kier molecular flexibility index (Phi) is 5.95. The Labute approximate surface area is 115 Å². The summed E-state index contributed by atoms with van der Waals surface area (Å²) in [5, 5.41) is 6.59. The molecule has 3 nitrogen and oxygen atoms in total. The third kappa shape index (κ3) is 4.66. The number of nitrogens with one attached hydrogen (secondary N) is 2. The van der Waals surface area contributed by atoms with Gasteiger partial charge in [-0.25, -0.2) is 0 Å². The van der Waals surface area contributed by atoms with Gasteiger partial charge in [0.2, 0.25) is 5.91 Å². The summed E-state index contributed by atoms with van der Waals surface area (Å²) in [5.41, 5.74) is 0.978. The molecule has 0 aliphatic carbocycles. The lowest BCUT2D eigenvalue weighted by atomic mass is 10.2. The average Bonchev–Trinajstić information content (AvgIpc) is 2.27. The molecular formula is C12H16BrClN2O. The van der Waals surface area contributed by atoms with Crippen LogP contribution in [0.5, 0.6) is 0 Å². The number of carbonyl (C=O) groups is 1. The Hall–Kier alpha value is -0.580. The Balaban J connectivity index is 2.52. The van der Waals surface area contributed by atoms with Gasteiger partial charge in [-0.2, -0.15) is 0 Å². The second-order valence-electron chi connectivity index (χ2n) is 3.73. The third-order valence-corrected chi connectivity index (χ3v) is 3.20. The van der Waals surface area contributed by atoms with E-state index in [1.807, 2.05) is 32.0 Å². The van der Waals surface area contributed by atoms with Gasteiger partial charge in [0.25, 0.3) is 0 Å². The molecule has 0 bridgehead atoms. The van der Waals surface area contributed by atoms with Crippen molar-refractivity contribution in [2.75, 3.05) is 6.54 Å². The van der Waals surface area contributed by atoms with E-state index in [0.29, 0.717) is 18.1 Å². The molecule has 0 aliphatic heterocycles. The lowest BCUT2D eigenvalue weighted by Gasteiger charge is -2.14. The first-order valence-corrected chi connectivity index (χ1v) is 6.66. The highest BCUT2D eigenvalue weighted by atomic mass is 79.9. The average molecular weight is 320 g/mol. The summed E-state index contributed by atoms with van der Waals surface area (Å²) in [6.45, 7) is 4.95. The maximum atomic E-state index is 11.5. The zero-order chi connectivity index (χ0) is 12.8. The Morgan fingerprint density at radius 2 is 2.24 bits per heavy atom. The molecule has 0 heterocycles. The standard InChI is InChI=1S/C12H16BrClN2O/c1-3-15-12(17)8(2)16-7-9-4-5-10(13)6-11(9)14/h4-6,8,16H,3,7H2,1-2H3,(H,15,17). The molecule has 1 aromatic rings. The zero-order valence-corrected chi connectivity index (χ0v) is 12.2. The van der Waals surface area contributed by atoms with Crippen LogP contribution in [0.2, 0.25) is 5.02 Å². The second kappa shape index (κ2) is 6.99. The van der Waals surface area contributed by atoms with E-state index in [1.165, 1.54) is 0 Å². The van der Waals surface area contributed by atoms with Crippen LogP contribution in [-0.4, -0.2) is 18.5 Å². The van der Waals surface area contributed by atoms with Crippen LogP contribution in [0.15, 0.2) is 22.7 Å². The van der Waals surface area contributed by atoms with Crippen molar-refractivity contribution in [2.45, 2.75) is 26.4 Å². The van der Waals surface area contributed by atoms with E-state index in [2.05, 4.69) is 26.6 Å². The fourth-order valence-electron chi connectivity index (χ4n) is 1.35. The molecule has 0 saturated carbocycles. The van der Waals surface area contributed by atoms with Crippen LogP contribution >= 0.6 is 27.5 Å². The predicted octanol–water partition coefficient (Wildman–Crippen LogP) is 2.72. The maximum absolute atomic E-state index is 11.5. The number of halogens is 2. The summed E-state index contributed by atoms with van der Waals surface area (Å²) in [6.07, 6.45) is 0. The van der Waals surface area contributed by atoms with Crippen LogP contribution in [0, 0.1) is 0 Å². The van der Waals surface area contributed by atoms with Crippen molar-refractivity contribution in [1.29, 1.82) is 0 Å². The topological polar surface area (TPSA) is 41.1 Å². The van der Waals surface area contributed by atoms with Gasteiger partial charge in [0.1, 0.15) is 0 Å². The predicted molar refractivity (Wildman–Crippen MR) is 74.1 cm³/mol. The van der Waals surface area contributed by atoms with Crippen molar-refractivity contribution in [1.82, 2.24) is 10.6 Å². The number of likely N-dealkylation sites (N-methyl/N-ethyl adjacent to an activating group) is 1. The highest BCUT2D eigenvalue weighted by molar-refractivity contribution is 9.10. The molecule has 0 aromatic heterocycles. The van der Waals surface area contributed by atoms with Gasteiger partial charge >= 0.3 is 0 Å². The fourth-order valence-corrected chi connectivity index (χ4v) is 2.09. The molecule has 17 heavy (non-hydrogen) atoms. The first-order chi connectivity index (χ1) is 8.04. The van der Waals surface area contributed by atoms with Crippen molar-refractivity contribution in [3.05, 3.63) is 33.3 Å². The SMILES string of the molecule is CCNC(=O)C(C)NCc1ccc(Br)cc1Cl. The summed E-state index contributed by atoms with van der Waals surface area (Å²) in [5.74, 6) is 0.000680. The molecule has 1 aromatic carbocycles. The molecule has 0 aliphatic rings. The smallest absolute Gasteiger partial charge is 0.236 e. The molecule has 0 fully saturated rings. The van der Waals surface area contributed by atoms with Crippen LogP contribution in [-0.2, 0) is 11.3 Å². The minimum absolute atomic E-state index is 0.000680. The molecule has 0 radical (unpaired) electrons. The van der Waals surface area contributed by atoms with E-state index in [-0.39, 0.29) is 11.9 Å². The van der Waals surface area contributed by atoms with E-state index in [9.17, 15) is 4.79 Å². The van der Waals surface area contributed by atoms with E-state index >= 15 is 0 Å². The number of hydrogen-bond donors (Lipinski definition) is 2. The summed E-state index contributed by atoms with van der Waals surface area (Å²) in [6, 6.07) is 5.48. The van der Waals surface area contributed by atoms with Crippen LogP contribution in [0.1, 0.15) is 19.4 Å². The largest absolute Gasteiger partial charge is 0.355 e. The Morgan fingerprint density at radius 1 is 1.53 bits per heavy atom. The monoisotopic (exact) mass is 318 g/mol. The molecule has 5 heteroatoms. The second-order valence-corrected chi connectivity index (χ2v) is 5.06. The normalized spacial score (nSPS) is 12.2. The number of hydrogen-bond acceptors (Lipinski definition) is 2. The summed E-state index contributed by atoms with van der Waals surface area (Å²) in [4.78, 5) is 11.5. The van der Waals surface area contributed by atoms with Crippen LogP contribution in [0.3, 0.4) is 0 Å². The molecule has 94 valence electrons. The van der Waals surface area contributed by atoms with E-state index < -0.39 is 0 Å². The molecule has 0 spiro atoms. The van der Waals surface area contributed by atoms with Gasteiger partial charge in [0, 0.05) is 22.6 Å². The van der Waals surface area contributed by atoms with E-state index in [1.54, 1.807) is 0 Å². The first-order valence-electron chi connectivity index (χ1n) is 5.49. The molecule has 0 saturated heterocycles. The van der Waals surface area contributed by atoms with Gasteiger partial charge in [-0.15, -0.1) is 0 Å². The van der Waals surface area contributed by atoms with E-state index in [4.69, 9.17) is 11.6 Å². The highest BCUT2D eigenvalue weighted by Gasteiger charge is 2.11. The van der Waals surface area contributed by atoms with Gasteiger partial charge in [0.05, 0.1) is 6.04 Å². The molecular weight excluding hydrogens is 304 g/mol. The van der Waals surface area contributed by atoms with Crippen LogP contribution < -0.4 is 10.6 Å². The number of carbonyl (C=O) groups excluding carboxylic acids is 1. The molecule has 2 N–H and O–H groups in total. The quantitative estimate of drug-likeness (QED) is 0.876. The Morgan fingerprint density at radius 3 is 2.82 bits per heavy atom. The molecule has 1 amide bonds. The lowest BCUT2D eigenvalue weighted by molar-refractivity contribution is -0.122. The van der Waals surface area contributed by atoms with Crippen molar-refractivity contribution in [2.24, 2.45) is 0 Å². The van der Waals surface area contributed by atoms with Crippen molar-refractivity contribution < 1.29 is 4.79 Å². The van der Waals surface area contributed by atoms with Gasteiger partial charge in [-0.1, -0.05) is 33.6 Å². The number of benzene rings is 1. The number of amides is 1. The fraction of sp³-hybridized carbons (Fsp3) is 0.417. The number of rotatable bonds is 5. The zero-order valence-electron chi connectivity index (χ0n) is 9.89. The lowest BCUT2D eigenvalue weighted by Crippen LogP contribution is -2.41. The molecule has 1 atom stereocenters.